The molecule has 2 amide bonds. The van der Waals surface area contributed by atoms with Crippen molar-refractivity contribution in [1.29, 1.82) is 0 Å². The summed E-state index contributed by atoms with van der Waals surface area (Å²) in [6.07, 6.45) is 1.33. The van der Waals surface area contributed by atoms with Crippen LogP contribution in [-0.2, 0) is 29.0 Å². The minimum atomic E-state index is -0.676. The molecule has 3 aromatic rings. The zero-order valence-corrected chi connectivity index (χ0v) is 23.8. The molecule has 6 heteroatoms. The summed E-state index contributed by atoms with van der Waals surface area (Å²) < 4.78 is 6.75. The average Bonchev–Trinajstić information content (AvgIpc) is 2.90. The Morgan fingerprint density at radius 3 is 2.24 bits per heavy atom. The van der Waals surface area contributed by atoms with Crippen LogP contribution in [0.15, 0.2) is 77.3 Å². The fourth-order valence-corrected chi connectivity index (χ4v) is 4.51. The lowest BCUT2D eigenvalue weighted by Gasteiger charge is -2.32. The Labute approximate surface area is 229 Å². The third-order valence-corrected chi connectivity index (χ3v) is 6.80. The largest absolute Gasteiger partial charge is 0.483 e. The van der Waals surface area contributed by atoms with Crippen molar-refractivity contribution in [3.8, 4) is 5.75 Å². The predicted octanol–water partition coefficient (Wildman–Crippen LogP) is 6.11. The average molecular weight is 566 g/mol. The van der Waals surface area contributed by atoms with Crippen molar-refractivity contribution in [3.05, 3.63) is 99.5 Å². The van der Waals surface area contributed by atoms with E-state index in [1.807, 2.05) is 79.7 Å². The van der Waals surface area contributed by atoms with Gasteiger partial charge in [0, 0.05) is 19.5 Å². The van der Waals surface area contributed by atoms with Gasteiger partial charge in [0.05, 0.1) is 4.47 Å². The van der Waals surface area contributed by atoms with Crippen molar-refractivity contribution in [2.45, 2.75) is 53.1 Å². The highest BCUT2D eigenvalue weighted by Gasteiger charge is 2.30. The van der Waals surface area contributed by atoms with Crippen molar-refractivity contribution >= 4 is 27.7 Å². The molecular weight excluding hydrogens is 528 g/mol. The number of amides is 2. The summed E-state index contributed by atoms with van der Waals surface area (Å²) >= 11 is 3.55. The number of carbonyl (C=O) groups is 2. The maximum Gasteiger partial charge on any atom is 0.261 e. The minimum absolute atomic E-state index is 0.161. The zero-order valence-electron chi connectivity index (χ0n) is 22.2. The van der Waals surface area contributed by atoms with Crippen LogP contribution < -0.4 is 10.1 Å². The highest BCUT2D eigenvalue weighted by Crippen LogP contribution is 2.26. The van der Waals surface area contributed by atoms with E-state index in [0.29, 0.717) is 31.2 Å². The maximum absolute atomic E-state index is 13.7. The van der Waals surface area contributed by atoms with Gasteiger partial charge >= 0.3 is 0 Å². The summed E-state index contributed by atoms with van der Waals surface area (Å²) in [6.45, 7) is 8.91. The molecule has 1 N–H and O–H groups in total. The Bertz CT molecular complexity index is 1160. The molecule has 0 bridgehead atoms. The van der Waals surface area contributed by atoms with Crippen molar-refractivity contribution in [2.75, 3.05) is 13.2 Å². The van der Waals surface area contributed by atoms with E-state index in [4.69, 9.17) is 4.74 Å². The number of halogens is 1. The predicted molar refractivity (Wildman–Crippen MR) is 153 cm³/mol. The summed E-state index contributed by atoms with van der Waals surface area (Å²) in [5, 5.41) is 3.05. The number of carbonyl (C=O) groups excluding carboxylic acids is 2. The van der Waals surface area contributed by atoms with Gasteiger partial charge in [0.15, 0.2) is 6.61 Å². The van der Waals surface area contributed by atoms with Gasteiger partial charge in [-0.3, -0.25) is 9.59 Å². The summed E-state index contributed by atoms with van der Waals surface area (Å²) in [6, 6.07) is 23.1. The quantitative estimate of drug-likeness (QED) is 0.288. The van der Waals surface area contributed by atoms with E-state index in [0.717, 1.165) is 27.6 Å². The molecule has 0 aliphatic rings. The third-order valence-electron chi connectivity index (χ3n) is 6.18. The van der Waals surface area contributed by atoms with Crippen LogP contribution in [0.3, 0.4) is 0 Å². The molecule has 0 aliphatic heterocycles. The molecular formula is C31H37BrN2O3. The number of hydrogen-bond donors (Lipinski definition) is 1. The Morgan fingerprint density at radius 1 is 0.946 bits per heavy atom. The van der Waals surface area contributed by atoms with Gasteiger partial charge in [0.1, 0.15) is 11.8 Å². The van der Waals surface area contributed by atoms with Crippen LogP contribution in [-0.4, -0.2) is 35.9 Å². The van der Waals surface area contributed by atoms with E-state index >= 15 is 0 Å². The molecule has 1 atom stereocenters. The number of ether oxygens (including phenoxy) is 1. The second kappa shape index (κ2) is 14.0. The fraction of sp³-hybridized carbons (Fsp3) is 0.355. The SMILES string of the molecule is CCc1ccc(OCC(=O)N(Cc2ccc(C)cc2)[C@H](Cc2ccccc2)C(=O)NCC(C)C)c(Br)c1. The molecule has 0 aliphatic carbocycles. The van der Waals surface area contributed by atoms with Crippen LogP contribution in [0.5, 0.6) is 5.75 Å². The summed E-state index contributed by atoms with van der Waals surface area (Å²) in [5.41, 5.74) is 4.27. The van der Waals surface area contributed by atoms with Gasteiger partial charge in [-0.05, 0) is 64.0 Å². The Kier molecular flexibility index (Phi) is 10.8. The molecule has 5 nitrogen and oxygen atoms in total. The first-order valence-electron chi connectivity index (χ1n) is 12.8. The van der Waals surface area contributed by atoms with Crippen molar-refractivity contribution in [1.82, 2.24) is 10.2 Å². The highest BCUT2D eigenvalue weighted by atomic mass is 79.9. The number of nitrogens with one attached hydrogen (secondary N) is 1. The molecule has 0 radical (unpaired) electrons. The van der Waals surface area contributed by atoms with Crippen LogP contribution in [0.1, 0.15) is 43.0 Å². The van der Waals surface area contributed by atoms with Crippen LogP contribution >= 0.6 is 15.9 Å². The van der Waals surface area contributed by atoms with Gasteiger partial charge in [-0.25, -0.2) is 0 Å². The Morgan fingerprint density at radius 2 is 1.62 bits per heavy atom. The topological polar surface area (TPSA) is 58.6 Å². The first-order chi connectivity index (χ1) is 17.8. The lowest BCUT2D eigenvalue weighted by atomic mass is 10.0. The molecule has 3 aromatic carbocycles. The first-order valence-corrected chi connectivity index (χ1v) is 13.6. The molecule has 0 spiro atoms. The van der Waals surface area contributed by atoms with Crippen LogP contribution in [0, 0.1) is 12.8 Å². The number of aryl methyl sites for hydroxylation is 2. The van der Waals surface area contributed by atoms with Crippen molar-refractivity contribution in [3.63, 3.8) is 0 Å². The molecule has 37 heavy (non-hydrogen) atoms. The number of nitrogens with zero attached hydrogens (tertiary/aromatic N) is 1. The highest BCUT2D eigenvalue weighted by molar-refractivity contribution is 9.10. The number of benzene rings is 3. The van der Waals surface area contributed by atoms with Gasteiger partial charge in [0.2, 0.25) is 5.91 Å². The van der Waals surface area contributed by atoms with E-state index in [1.54, 1.807) is 4.90 Å². The van der Waals surface area contributed by atoms with Crippen LogP contribution in [0.25, 0.3) is 0 Å². The molecule has 0 saturated carbocycles. The van der Waals surface area contributed by atoms with E-state index < -0.39 is 6.04 Å². The van der Waals surface area contributed by atoms with Gasteiger partial charge in [-0.1, -0.05) is 87.0 Å². The summed E-state index contributed by atoms with van der Waals surface area (Å²) in [4.78, 5) is 28.8. The van der Waals surface area contributed by atoms with Gasteiger partial charge in [0.25, 0.3) is 5.91 Å². The van der Waals surface area contributed by atoms with Gasteiger partial charge < -0.3 is 15.0 Å². The molecule has 0 aromatic heterocycles. The standard InChI is InChI=1S/C31H37BrN2O3/c1-5-24-15-16-29(27(32)17-24)37-21-30(35)34(20-26-13-11-23(4)12-14-26)28(31(36)33-19-22(2)3)18-25-9-7-6-8-10-25/h6-17,22,28H,5,18-21H2,1-4H3,(H,33,36)/t28-/m1/s1. The lowest BCUT2D eigenvalue weighted by Crippen LogP contribution is -2.52. The summed E-state index contributed by atoms with van der Waals surface area (Å²) in [5.74, 6) is 0.498. The monoisotopic (exact) mass is 564 g/mol. The third kappa shape index (κ3) is 8.74. The smallest absolute Gasteiger partial charge is 0.261 e. The molecule has 0 saturated heterocycles. The van der Waals surface area contributed by atoms with Gasteiger partial charge in [-0.2, -0.15) is 0 Å². The Balaban J connectivity index is 1.89. The van der Waals surface area contributed by atoms with Crippen molar-refractivity contribution < 1.29 is 14.3 Å². The van der Waals surface area contributed by atoms with E-state index in [-0.39, 0.29) is 18.4 Å². The fourth-order valence-electron chi connectivity index (χ4n) is 3.97. The zero-order chi connectivity index (χ0) is 26.8. The molecule has 0 unspecified atom stereocenters. The van der Waals surface area contributed by atoms with Gasteiger partial charge in [-0.15, -0.1) is 0 Å². The van der Waals surface area contributed by atoms with E-state index in [9.17, 15) is 9.59 Å². The lowest BCUT2D eigenvalue weighted by molar-refractivity contribution is -0.142. The number of hydrogen-bond acceptors (Lipinski definition) is 3. The summed E-state index contributed by atoms with van der Waals surface area (Å²) in [7, 11) is 0. The molecule has 0 heterocycles. The van der Waals surface area contributed by atoms with E-state index in [1.165, 1.54) is 5.56 Å². The number of rotatable bonds is 12. The first kappa shape index (κ1) is 28.5. The van der Waals surface area contributed by atoms with Crippen molar-refractivity contribution in [2.24, 2.45) is 5.92 Å². The maximum atomic E-state index is 13.7. The Hall–Kier alpha value is -3.12. The molecule has 0 fully saturated rings. The minimum Gasteiger partial charge on any atom is -0.483 e. The second-order valence-corrected chi connectivity index (χ2v) is 10.6. The molecule has 196 valence electrons. The second-order valence-electron chi connectivity index (χ2n) is 9.76. The van der Waals surface area contributed by atoms with Crippen LogP contribution in [0.2, 0.25) is 0 Å². The van der Waals surface area contributed by atoms with Crippen LogP contribution in [0.4, 0.5) is 0 Å². The van der Waals surface area contributed by atoms with E-state index in [2.05, 4.69) is 42.0 Å². The molecule has 3 rings (SSSR count). The normalized spacial score (nSPS) is 11.7.